The van der Waals surface area contributed by atoms with Gasteiger partial charge in [0.15, 0.2) is 11.5 Å². The summed E-state index contributed by atoms with van der Waals surface area (Å²) >= 11 is 0. The predicted molar refractivity (Wildman–Crippen MR) is 134 cm³/mol. The van der Waals surface area contributed by atoms with Crippen molar-refractivity contribution in [3.8, 4) is 28.6 Å². The Morgan fingerprint density at radius 3 is 2.32 bits per heavy atom. The first-order valence-electron chi connectivity index (χ1n) is 11.8. The third kappa shape index (κ3) is 5.54. The van der Waals surface area contributed by atoms with E-state index in [9.17, 15) is 13.2 Å². The van der Waals surface area contributed by atoms with Gasteiger partial charge in [-0.25, -0.2) is 8.42 Å². The van der Waals surface area contributed by atoms with Crippen LogP contribution < -0.4 is 14.2 Å². The van der Waals surface area contributed by atoms with Gasteiger partial charge in [0.2, 0.25) is 21.7 Å². The zero-order valence-corrected chi connectivity index (χ0v) is 22.1. The smallest absolute Gasteiger partial charge is 0.257 e. The lowest BCUT2D eigenvalue weighted by molar-refractivity contribution is 0.0720. The summed E-state index contributed by atoms with van der Waals surface area (Å²) in [6, 6.07) is 9.44. The summed E-state index contributed by atoms with van der Waals surface area (Å²) in [6.07, 6.45) is 2.91. The van der Waals surface area contributed by atoms with Crippen molar-refractivity contribution in [1.82, 2.24) is 19.3 Å². The second-order valence-corrected chi connectivity index (χ2v) is 10.6. The summed E-state index contributed by atoms with van der Waals surface area (Å²) in [5, 5.41) is 3.97. The van der Waals surface area contributed by atoms with E-state index >= 15 is 0 Å². The molecule has 12 heteroatoms. The van der Waals surface area contributed by atoms with Crippen molar-refractivity contribution in [3.63, 3.8) is 0 Å². The van der Waals surface area contributed by atoms with E-state index in [1.165, 1.54) is 46.6 Å². The number of likely N-dealkylation sites (tertiary alicyclic amines) is 1. The van der Waals surface area contributed by atoms with Crippen LogP contribution in [0.3, 0.4) is 0 Å². The molecule has 11 nitrogen and oxygen atoms in total. The van der Waals surface area contributed by atoms with Crippen molar-refractivity contribution >= 4 is 15.9 Å². The Morgan fingerprint density at radius 2 is 1.65 bits per heavy atom. The van der Waals surface area contributed by atoms with Gasteiger partial charge in [-0.05, 0) is 55.7 Å². The number of aromatic nitrogens is 2. The SMILES string of the molecule is COc1ccc(-c2noc(CN(C)S(=O)(=O)c3ccc(OC)c(C(=O)N4CCCCC4)c3)n2)cc1OC. The molecule has 0 radical (unpaired) electrons. The van der Waals surface area contributed by atoms with Gasteiger partial charge in [-0.1, -0.05) is 5.16 Å². The molecule has 1 amide bonds. The molecule has 1 fully saturated rings. The number of piperidine rings is 1. The van der Waals surface area contributed by atoms with Crippen molar-refractivity contribution in [1.29, 1.82) is 0 Å². The Morgan fingerprint density at radius 1 is 0.973 bits per heavy atom. The quantitative estimate of drug-likeness (QED) is 0.410. The molecule has 4 rings (SSSR count). The minimum Gasteiger partial charge on any atom is -0.496 e. The average Bonchev–Trinajstić information content (AvgIpc) is 3.40. The number of amides is 1. The summed E-state index contributed by atoms with van der Waals surface area (Å²) in [5.41, 5.74) is 0.835. The summed E-state index contributed by atoms with van der Waals surface area (Å²) in [6.45, 7) is 1.11. The largest absolute Gasteiger partial charge is 0.496 e. The number of hydrogen-bond acceptors (Lipinski definition) is 9. The number of carbonyl (C=O) groups is 1. The van der Waals surface area contributed by atoms with Crippen molar-refractivity contribution in [2.24, 2.45) is 0 Å². The Kier molecular flexibility index (Phi) is 7.98. The molecule has 0 aliphatic carbocycles. The maximum absolute atomic E-state index is 13.4. The van der Waals surface area contributed by atoms with Crippen LogP contribution in [0.5, 0.6) is 17.2 Å². The standard InChI is InChI=1S/C25H30N4O7S/c1-28(16-23-26-24(27-36-23)17-8-10-21(34-3)22(14-17)35-4)37(31,32)18-9-11-20(33-2)19(15-18)25(30)29-12-6-5-7-13-29/h8-11,14-15H,5-7,12-13,16H2,1-4H3. The van der Waals surface area contributed by atoms with Crippen LogP contribution in [0.4, 0.5) is 0 Å². The molecule has 198 valence electrons. The molecule has 0 N–H and O–H groups in total. The molecular weight excluding hydrogens is 500 g/mol. The Balaban J connectivity index is 1.55. The van der Waals surface area contributed by atoms with E-state index in [0.29, 0.717) is 35.9 Å². The predicted octanol–water partition coefficient (Wildman–Crippen LogP) is 3.21. The van der Waals surface area contributed by atoms with Gasteiger partial charge in [-0.15, -0.1) is 0 Å². The molecule has 0 bridgehead atoms. The molecular formula is C25H30N4O7S. The number of benzene rings is 2. The molecule has 3 aromatic rings. The fraction of sp³-hybridized carbons (Fsp3) is 0.400. The van der Waals surface area contributed by atoms with Crippen LogP contribution in [0.25, 0.3) is 11.4 Å². The second-order valence-electron chi connectivity index (χ2n) is 8.56. The minimum absolute atomic E-state index is 0.0317. The van der Waals surface area contributed by atoms with Gasteiger partial charge in [-0.3, -0.25) is 4.79 Å². The van der Waals surface area contributed by atoms with E-state index < -0.39 is 10.0 Å². The van der Waals surface area contributed by atoms with Crippen LogP contribution in [-0.2, 0) is 16.6 Å². The van der Waals surface area contributed by atoms with Gasteiger partial charge in [-0.2, -0.15) is 9.29 Å². The molecule has 0 atom stereocenters. The molecule has 1 saturated heterocycles. The maximum Gasteiger partial charge on any atom is 0.257 e. The molecule has 0 spiro atoms. The van der Waals surface area contributed by atoms with Crippen molar-refractivity contribution in [2.75, 3.05) is 41.5 Å². The number of nitrogens with zero attached hydrogens (tertiary/aromatic N) is 4. The van der Waals surface area contributed by atoms with E-state index in [1.54, 1.807) is 23.1 Å². The van der Waals surface area contributed by atoms with Gasteiger partial charge in [0, 0.05) is 25.7 Å². The number of hydrogen-bond donors (Lipinski definition) is 0. The lowest BCUT2D eigenvalue weighted by Crippen LogP contribution is -2.36. The highest BCUT2D eigenvalue weighted by Crippen LogP contribution is 2.31. The summed E-state index contributed by atoms with van der Waals surface area (Å²) in [5.74, 6) is 1.52. The van der Waals surface area contributed by atoms with Gasteiger partial charge < -0.3 is 23.6 Å². The Labute approximate surface area is 216 Å². The highest BCUT2D eigenvalue weighted by molar-refractivity contribution is 7.89. The fourth-order valence-electron chi connectivity index (χ4n) is 4.15. The Bertz CT molecular complexity index is 1370. The highest BCUT2D eigenvalue weighted by atomic mass is 32.2. The molecule has 2 heterocycles. The van der Waals surface area contributed by atoms with Gasteiger partial charge in [0.1, 0.15) is 5.75 Å². The van der Waals surface area contributed by atoms with Crippen LogP contribution in [0.15, 0.2) is 45.8 Å². The first-order chi connectivity index (χ1) is 17.8. The lowest BCUT2D eigenvalue weighted by atomic mass is 10.1. The van der Waals surface area contributed by atoms with Gasteiger partial charge >= 0.3 is 0 Å². The van der Waals surface area contributed by atoms with E-state index in [4.69, 9.17) is 18.7 Å². The fourth-order valence-corrected chi connectivity index (χ4v) is 5.30. The molecule has 0 saturated carbocycles. The lowest BCUT2D eigenvalue weighted by Gasteiger charge is -2.27. The molecule has 1 aromatic heterocycles. The zero-order valence-electron chi connectivity index (χ0n) is 21.3. The van der Waals surface area contributed by atoms with E-state index in [2.05, 4.69) is 10.1 Å². The molecule has 2 aromatic carbocycles. The van der Waals surface area contributed by atoms with Crippen LogP contribution in [0, 0.1) is 0 Å². The number of ether oxygens (including phenoxy) is 3. The van der Waals surface area contributed by atoms with E-state index in [1.807, 2.05) is 0 Å². The first kappa shape index (κ1) is 26.4. The maximum atomic E-state index is 13.4. The summed E-state index contributed by atoms with van der Waals surface area (Å²) in [7, 11) is 1.94. The van der Waals surface area contributed by atoms with Crippen molar-refractivity contribution < 1.29 is 31.9 Å². The summed E-state index contributed by atoms with van der Waals surface area (Å²) < 4.78 is 49.0. The number of sulfonamides is 1. The van der Waals surface area contributed by atoms with Crippen molar-refractivity contribution in [2.45, 2.75) is 30.7 Å². The van der Waals surface area contributed by atoms with E-state index in [0.717, 1.165) is 23.6 Å². The first-order valence-corrected chi connectivity index (χ1v) is 13.2. The Hall–Kier alpha value is -3.64. The molecule has 0 unspecified atom stereocenters. The number of carbonyl (C=O) groups excluding carboxylic acids is 1. The van der Waals surface area contributed by atoms with Crippen LogP contribution >= 0.6 is 0 Å². The number of methoxy groups -OCH3 is 3. The van der Waals surface area contributed by atoms with Crippen LogP contribution in [-0.4, -0.2) is 75.1 Å². The highest BCUT2D eigenvalue weighted by Gasteiger charge is 2.28. The molecule has 1 aliphatic heterocycles. The average molecular weight is 531 g/mol. The third-order valence-electron chi connectivity index (χ3n) is 6.22. The third-order valence-corrected chi connectivity index (χ3v) is 8.02. The topological polar surface area (TPSA) is 124 Å². The van der Waals surface area contributed by atoms with Gasteiger partial charge in [0.05, 0.1) is 38.3 Å². The zero-order chi connectivity index (χ0) is 26.6. The number of rotatable bonds is 9. The molecule has 1 aliphatic rings. The van der Waals surface area contributed by atoms with Crippen molar-refractivity contribution in [3.05, 3.63) is 47.9 Å². The normalized spacial score (nSPS) is 14.0. The van der Waals surface area contributed by atoms with Crippen LogP contribution in [0.1, 0.15) is 35.5 Å². The second kappa shape index (κ2) is 11.2. The van der Waals surface area contributed by atoms with Crippen LogP contribution in [0.2, 0.25) is 0 Å². The minimum atomic E-state index is -3.98. The molecule has 37 heavy (non-hydrogen) atoms. The monoisotopic (exact) mass is 530 g/mol. The van der Waals surface area contributed by atoms with Gasteiger partial charge in [0.25, 0.3) is 5.91 Å². The summed E-state index contributed by atoms with van der Waals surface area (Å²) in [4.78, 5) is 19.2. The van der Waals surface area contributed by atoms with E-state index in [-0.39, 0.29) is 34.6 Å².